The maximum Gasteiger partial charge on any atom is 0.435 e. The van der Waals surface area contributed by atoms with Crippen molar-refractivity contribution in [3.05, 3.63) is 77.1 Å². The number of ether oxygens (including phenoxy) is 2. The standard InChI is InChI=1S/C29H32F3N3O4/c1-6-39-27-23(26(29(30,31)32)33-35(27)16-10-8-7-9-11-16)22-24(36)18(25(22)37)15-21-28(2,3)19-14-17(38-5)12-13-20(19)34(21)4/h7-15,18,22,24-25,36-37H,6H2,1-5H3. The van der Waals surface area contributed by atoms with Gasteiger partial charge in [0.1, 0.15) is 5.75 Å². The number of aliphatic hydroxyl groups is 2. The minimum Gasteiger partial charge on any atom is -0.497 e. The van der Waals surface area contributed by atoms with E-state index in [0.717, 1.165) is 21.6 Å². The molecule has 39 heavy (non-hydrogen) atoms. The summed E-state index contributed by atoms with van der Waals surface area (Å²) in [7, 11) is 3.48. The number of nitrogens with zero attached hydrogens (tertiary/aromatic N) is 3. The van der Waals surface area contributed by atoms with Gasteiger partial charge in [0.2, 0.25) is 5.88 Å². The van der Waals surface area contributed by atoms with Crippen molar-refractivity contribution in [2.45, 2.75) is 50.5 Å². The number of likely N-dealkylation sites (N-methyl/N-ethyl adjacent to an activating group) is 1. The lowest BCUT2D eigenvalue weighted by Crippen LogP contribution is -2.53. The predicted molar refractivity (Wildman–Crippen MR) is 140 cm³/mol. The van der Waals surface area contributed by atoms with Crippen LogP contribution in [-0.4, -0.2) is 53.0 Å². The van der Waals surface area contributed by atoms with Gasteiger partial charge in [-0.2, -0.15) is 18.3 Å². The van der Waals surface area contributed by atoms with E-state index in [1.807, 2.05) is 44.0 Å². The number of allylic oxidation sites excluding steroid dienone is 1. The third-order valence-electron chi connectivity index (χ3n) is 7.88. The third kappa shape index (κ3) is 4.26. The van der Waals surface area contributed by atoms with E-state index in [-0.39, 0.29) is 18.1 Å². The summed E-state index contributed by atoms with van der Waals surface area (Å²) in [6.45, 7) is 5.78. The van der Waals surface area contributed by atoms with Gasteiger partial charge in [-0.25, -0.2) is 4.68 Å². The number of hydrogen-bond acceptors (Lipinski definition) is 6. The minimum absolute atomic E-state index is 0.0793. The lowest BCUT2D eigenvalue weighted by atomic mass is 9.64. The van der Waals surface area contributed by atoms with Gasteiger partial charge in [-0.05, 0) is 42.8 Å². The van der Waals surface area contributed by atoms with Crippen LogP contribution < -0.4 is 14.4 Å². The Kier molecular flexibility index (Phi) is 6.67. The quantitative estimate of drug-likeness (QED) is 0.453. The maximum atomic E-state index is 14.2. The highest BCUT2D eigenvalue weighted by molar-refractivity contribution is 5.71. The SMILES string of the molecule is CCOc1c(C2C(O)C(C=C3N(C)c4ccc(OC)cc4C3(C)C)C2O)c(C(F)(F)F)nn1-c1ccccc1. The van der Waals surface area contributed by atoms with E-state index in [0.29, 0.717) is 11.4 Å². The van der Waals surface area contributed by atoms with Crippen molar-refractivity contribution >= 4 is 5.69 Å². The lowest BCUT2D eigenvalue weighted by molar-refractivity contribution is -0.145. The summed E-state index contributed by atoms with van der Waals surface area (Å²) in [5.74, 6) is -1.46. The molecule has 1 fully saturated rings. The molecule has 0 spiro atoms. The Labute approximate surface area is 225 Å². The molecule has 2 heterocycles. The fourth-order valence-electron chi connectivity index (χ4n) is 5.85. The fourth-order valence-corrected chi connectivity index (χ4v) is 5.85. The molecule has 0 amide bonds. The molecule has 0 bridgehead atoms. The second-order valence-electron chi connectivity index (χ2n) is 10.4. The van der Waals surface area contributed by atoms with Crippen molar-refractivity contribution in [1.29, 1.82) is 0 Å². The van der Waals surface area contributed by atoms with Crippen LogP contribution in [0.3, 0.4) is 0 Å². The molecule has 0 saturated heterocycles. The van der Waals surface area contributed by atoms with Crippen LogP contribution >= 0.6 is 0 Å². The van der Waals surface area contributed by atoms with Gasteiger partial charge in [0, 0.05) is 35.7 Å². The molecule has 1 aliphatic heterocycles. The van der Waals surface area contributed by atoms with E-state index >= 15 is 0 Å². The van der Waals surface area contributed by atoms with E-state index in [9.17, 15) is 23.4 Å². The molecule has 208 valence electrons. The zero-order chi connectivity index (χ0) is 28.3. The molecule has 2 aliphatic rings. The van der Waals surface area contributed by atoms with Gasteiger partial charge < -0.3 is 24.6 Å². The van der Waals surface area contributed by atoms with Crippen molar-refractivity contribution < 1.29 is 32.9 Å². The number of benzene rings is 2. The van der Waals surface area contributed by atoms with Gasteiger partial charge in [-0.3, -0.25) is 0 Å². The van der Waals surface area contributed by atoms with Crippen molar-refractivity contribution in [3.8, 4) is 17.3 Å². The van der Waals surface area contributed by atoms with Gasteiger partial charge in [0.05, 0.1) is 37.2 Å². The molecule has 2 atom stereocenters. The zero-order valence-corrected chi connectivity index (χ0v) is 22.4. The molecule has 2 N–H and O–H groups in total. The number of alkyl halides is 3. The maximum absolute atomic E-state index is 14.2. The number of fused-ring (bicyclic) bond motifs is 1. The molecule has 5 rings (SSSR count). The van der Waals surface area contributed by atoms with Crippen LogP contribution in [0.15, 0.2) is 60.3 Å². The first-order valence-corrected chi connectivity index (χ1v) is 12.8. The Morgan fingerprint density at radius 1 is 1.08 bits per heavy atom. The monoisotopic (exact) mass is 543 g/mol. The minimum atomic E-state index is -4.82. The molecule has 1 aromatic heterocycles. The van der Waals surface area contributed by atoms with E-state index in [4.69, 9.17) is 9.47 Å². The van der Waals surface area contributed by atoms with Crippen LogP contribution in [0.1, 0.15) is 43.5 Å². The predicted octanol–water partition coefficient (Wildman–Crippen LogP) is 5.05. The Bertz CT molecular complexity index is 1390. The molecule has 2 unspecified atom stereocenters. The van der Waals surface area contributed by atoms with E-state index in [2.05, 4.69) is 5.10 Å². The fraction of sp³-hybridized carbons (Fsp3) is 0.414. The van der Waals surface area contributed by atoms with E-state index in [1.54, 1.807) is 50.4 Å². The first-order valence-electron chi connectivity index (χ1n) is 12.8. The molecule has 0 radical (unpaired) electrons. The number of halogens is 3. The molecule has 7 nitrogen and oxygen atoms in total. The molecule has 1 saturated carbocycles. The summed E-state index contributed by atoms with van der Waals surface area (Å²) in [5, 5.41) is 26.4. The largest absolute Gasteiger partial charge is 0.497 e. The number of aromatic nitrogens is 2. The van der Waals surface area contributed by atoms with Crippen LogP contribution in [0.25, 0.3) is 5.69 Å². The lowest BCUT2D eigenvalue weighted by Gasteiger charge is -2.46. The van der Waals surface area contributed by atoms with E-state index in [1.165, 1.54) is 0 Å². The number of rotatable bonds is 6. The Morgan fingerprint density at radius 3 is 2.33 bits per heavy atom. The number of hydrogen-bond donors (Lipinski definition) is 2. The van der Waals surface area contributed by atoms with Gasteiger partial charge >= 0.3 is 6.18 Å². The number of methoxy groups -OCH3 is 1. The van der Waals surface area contributed by atoms with Crippen LogP contribution in [0.2, 0.25) is 0 Å². The zero-order valence-electron chi connectivity index (χ0n) is 22.4. The van der Waals surface area contributed by atoms with Gasteiger partial charge in [0.15, 0.2) is 5.69 Å². The summed E-state index contributed by atoms with van der Waals surface area (Å²) in [6, 6.07) is 14.1. The van der Waals surface area contributed by atoms with Gasteiger partial charge in [-0.15, -0.1) is 0 Å². The smallest absolute Gasteiger partial charge is 0.435 e. The first kappa shape index (κ1) is 27.1. The topological polar surface area (TPSA) is 80.0 Å². The Hall–Kier alpha value is -3.50. The second kappa shape index (κ2) is 9.60. The Balaban J connectivity index is 1.55. The molecular formula is C29H32F3N3O4. The molecule has 2 aromatic carbocycles. The molecule has 1 aliphatic carbocycles. The highest BCUT2D eigenvalue weighted by Crippen LogP contribution is 2.54. The summed E-state index contributed by atoms with van der Waals surface area (Å²) in [4.78, 5) is 1.97. The normalized spacial score (nSPS) is 25.0. The van der Waals surface area contributed by atoms with Crippen LogP contribution in [0.4, 0.5) is 18.9 Å². The van der Waals surface area contributed by atoms with Crippen molar-refractivity contribution in [3.63, 3.8) is 0 Å². The van der Waals surface area contributed by atoms with Crippen molar-refractivity contribution in [2.75, 3.05) is 25.7 Å². The highest BCUT2D eigenvalue weighted by Gasteiger charge is 2.55. The summed E-state index contributed by atoms with van der Waals surface area (Å²) >= 11 is 0. The molecule has 10 heteroatoms. The van der Waals surface area contributed by atoms with Gasteiger partial charge in [-0.1, -0.05) is 38.1 Å². The molecular weight excluding hydrogens is 511 g/mol. The number of para-hydroxylation sites is 1. The third-order valence-corrected chi connectivity index (χ3v) is 7.88. The van der Waals surface area contributed by atoms with Gasteiger partial charge in [0.25, 0.3) is 0 Å². The number of anilines is 1. The summed E-state index contributed by atoms with van der Waals surface area (Å²) in [5.41, 5.74) is 1.16. The first-order chi connectivity index (χ1) is 18.4. The van der Waals surface area contributed by atoms with Crippen LogP contribution in [0, 0.1) is 5.92 Å². The average Bonchev–Trinajstić information content (AvgIpc) is 3.36. The van der Waals surface area contributed by atoms with Crippen LogP contribution in [-0.2, 0) is 11.6 Å². The van der Waals surface area contributed by atoms with Crippen molar-refractivity contribution in [1.82, 2.24) is 9.78 Å². The number of aliphatic hydroxyl groups excluding tert-OH is 2. The molecule has 3 aromatic rings. The Morgan fingerprint density at radius 2 is 1.74 bits per heavy atom. The van der Waals surface area contributed by atoms with Crippen molar-refractivity contribution in [2.24, 2.45) is 5.92 Å². The highest BCUT2D eigenvalue weighted by atomic mass is 19.4. The van der Waals surface area contributed by atoms with Crippen LogP contribution in [0.5, 0.6) is 11.6 Å². The second-order valence-corrected chi connectivity index (χ2v) is 10.4. The summed E-state index contributed by atoms with van der Waals surface area (Å²) < 4.78 is 54.9. The van der Waals surface area contributed by atoms with E-state index < -0.39 is 41.3 Å². The average molecular weight is 544 g/mol. The summed E-state index contributed by atoms with van der Waals surface area (Å²) in [6.07, 6.45) is -5.63.